The predicted molar refractivity (Wildman–Crippen MR) is 146 cm³/mol. The van der Waals surface area contributed by atoms with Crippen LogP contribution in [0.25, 0.3) is 0 Å². The number of para-hydroxylation sites is 2. The van der Waals surface area contributed by atoms with Crippen molar-refractivity contribution in [3.63, 3.8) is 0 Å². The van der Waals surface area contributed by atoms with Crippen LogP contribution in [0.2, 0.25) is 0 Å². The molecule has 0 aromatic heterocycles. The Balaban J connectivity index is 1.30. The van der Waals surface area contributed by atoms with Crippen LogP contribution in [0.1, 0.15) is 37.9 Å². The monoisotopic (exact) mass is 508 g/mol. The van der Waals surface area contributed by atoms with E-state index < -0.39 is 25.1 Å². The zero-order chi connectivity index (χ0) is 26.4. The smallest absolute Gasteiger partial charge is 0.487 e. The Morgan fingerprint density at radius 2 is 1.61 bits per heavy atom. The van der Waals surface area contributed by atoms with Crippen molar-refractivity contribution in [2.24, 2.45) is 17.8 Å². The van der Waals surface area contributed by atoms with Crippen molar-refractivity contribution in [1.29, 1.82) is 0 Å². The first-order chi connectivity index (χ1) is 18.5. The van der Waals surface area contributed by atoms with Crippen molar-refractivity contribution in [2.45, 2.75) is 32.3 Å². The number of hydrogen-bond donors (Lipinski definition) is 3. The number of amides is 2. The Hall–Kier alpha value is -3.88. The summed E-state index contributed by atoms with van der Waals surface area (Å²) in [5, 5.41) is 24.8. The highest BCUT2D eigenvalue weighted by molar-refractivity contribution is 6.53. The molecule has 8 heteroatoms. The first kappa shape index (κ1) is 24.5. The van der Waals surface area contributed by atoms with Crippen molar-refractivity contribution in [3.8, 4) is 5.75 Å². The van der Waals surface area contributed by atoms with Gasteiger partial charge in [-0.15, -0.1) is 0 Å². The van der Waals surface area contributed by atoms with Crippen molar-refractivity contribution >= 4 is 36.0 Å². The molecule has 3 aromatic carbocycles. The molecule has 2 fully saturated rings. The van der Waals surface area contributed by atoms with E-state index in [4.69, 9.17) is 4.65 Å². The molecule has 0 saturated carbocycles. The van der Waals surface area contributed by atoms with E-state index in [0.717, 1.165) is 22.4 Å². The largest absolute Gasteiger partial charge is 0.508 e. The van der Waals surface area contributed by atoms with Crippen LogP contribution in [0.15, 0.2) is 89.9 Å². The van der Waals surface area contributed by atoms with E-state index in [2.05, 4.69) is 5.32 Å². The Labute approximate surface area is 221 Å². The van der Waals surface area contributed by atoms with Gasteiger partial charge in [-0.1, -0.05) is 48.9 Å². The minimum atomic E-state index is -1.19. The van der Waals surface area contributed by atoms with E-state index >= 15 is 0 Å². The maximum Gasteiger partial charge on any atom is 0.487 e. The first-order valence-corrected chi connectivity index (χ1v) is 13.1. The van der Waals surface area contributed by atoms with Gasteiger partial charge in [-0.25, -0.2) is 0 Å². The molecule has 2 heterocycles. The Morgan fingerprint density at radius 3 is 2.32 bits per heavy atom. The molecule has 192 valence electrons. The molecular formula is C30H29BN2O5. The zero-order valence-electron chi connectivity index (χ0n) is 21.1. The summed E-state index contributed by atoms with van der Waals surface area (Å²) in [4.78, 5) is 28.9. The second-order valence-corrected chi connectivity index (χ2v) is 10.2. The van der Waals surface area contributed by atoms with Gasteiger partial charge in [0.05, 0.1) is 23.6 Å². The highest BCUT2D eigenvalue weighted by Crippen LogP contribution is 2.53. The van der Waals surface area contributed by atoms with Crippen molar-refractivity contribution < 1.29 is 24.4 Å². The highest BCUT2D eigenvalue weighted by Gasteiger charge is 2.58. The number of anilines is 3. The molecule has 0 unspecified atom stereocenters. The van der Waals surface area contributed by atoms with Gasteiger partial charge in [0.15, 0.2) is 0 Å². The van der Waals surface area contributed by atoms with Crippen molar-refractivity contribution in [1.82, 2.24) is 0 Å². The zero-order valence-corrected chi connectivity index (χ0v) is 21.1. The Morgan fingerprint density at radius 1 is 0.921 bits per heavy atom. The molecule has 4 atom stereocenters. The van der Waals surface area contributed by atoms with Gasteiger partial charge in [-0.05, 0) is 73.1 Å². The van der Waals surface area contributed by atoms with Crippen LogP contribution in [-0.2, 0) is 14.2 Å². The predicted octanol–water partition coefficient (Wildman–Crippen LogP) is 5.15. The summed E-state index contributed by atoms with van der Waals surface area (Å²) < 4.78 is 5.96. The van der Waals surface area contributed by atoms with Crippen LogP contribution in [-0.4, -0.2) is 29.1 Å². The SMILES string of the molecule is CCC1=C2B(O)O[C@H](c3ccccc3O)C[C@H]2[C@H]2C(=O)N(c3ccc(Nc4ccccc4)cc3)C(=O)[C@H]2C1. The molecule has 3 N–H and O–H groups in total. The fourth-order valence-electron chi connectivity index (χ4n) is 6.35. The maximum atomic E-state index is 13.9. The molecular weight excluding hydrogens is 479 g/mol. The maximum absolute atomic E-state index is 13.9. The summed E-state index contributed by atoms with van der Waals surface area (Å²) in [6.07, 6.45) is 0.917. The molecule has 3 aromatic rings. The van der Waals surface area contributed by atoms with Crippen LogP contribution in [0, 0.1) is 17.8 Å². The minimum absolute atomic E-state index is 0.0832. The van der Waals surface area contributed by atoms with Gasteiger partial charge in [-0.2, -0.15) is 0 Å². The molecule has 0 bridgehead atoms. The summed E-state index contributed by atoms with van der Waals surface area (Å²) in [5.74, 6) is -1.77. The molecule has 2 aliphatic heterocycles. The summed E-state index contributed by atoms with van der Waals surface area (Å²) >= 11 is 0. The lowest BCUT2D eigenvalue weighted by molar-refractivity contribution is -0.123. The lowest BCUT2D eigenvalue weighted by Gasteiger charge is -2.42. The standard InChI is InChI=1S/C30H29BN2O5/c1-2-18-16-24-27(23-17-26(38-31(37)28(18)23)22-10-6-7-11-25(22)34)30(36)33(29(24)35)21-14-12-20(13-15-21)32-19-8-4-3-5-9-19/h3-15,23-24,26-27,32,34,37H,2,16-17H2,1H3/t23-,24-,26-,27+/m0/s1. The highest BCUT2D eigenvalue weighted by atomic mass is 16.5. The Kier molecular flexibility index (Phi) is 6.29. The van der Waals surface area contributed by atoms with Crippen LogP contribution >= 0.6 is 0 Å². The van der Waals surface area contributed by atoms with E-state index in [1.165, 1.54) is 4.90 Å². The fourth-order valence-corrected chi connectivity index (χ4v) is 6.35. The quantitative estimate of drug-likeness (QED) is 0.326. The molecule has 1 aliphatic carbocycles. The van der Waals surface area contributed by atoms with E-state index in [1.807, 2.05) is 49.4 Å². The topological polar surface area (TPSA) is 99.1 Å². The number of nitrogens with zero attached hydrogens (tertiary/aromatic N) is 1. The summed E-state index contributed by atoms with van der Waals surface area (Å²) in [5.41, 5.74) is 4.61. The van der Waals surface area contributed by atoms with Gasteiger partial charge in [0.2, 0.25) is 11.8 Å². The minimum Gasteiger partial charge on any atom is -0.508 e. The molecule has 38 heavy (non-hydrogen) atoms. The second-order valence-electron chi connectivity index (χ2n) is 10.2. The number of carbonyl (C=O) groups excluding carboxylic acids is 2. The number of phenolic OH excluding ortho intramolecular Hbond substituents is 1. The number of imide groups is 1. The number of benzene rings is 3. The molecule has 2 saturated heterocycles. The lowest BCUT2D eigenvalue weighted by atomic mass is 9.55. The molecule has 6 rings (SSSR count). The summed E-state index contributed by atoms with van der Waals surface area (Å²) in [6, 6.07) is 24.0. The van der Waals surface area contributed by atoms with Gasteiger partial charge in [-0.3, -0.25) is 14.5 Å². The number of nitrogens with one attached hydrogen (secondary N) is 1. The van der Waals surface area contributed by atoms with Crippen molar-refractivity contribution in [3.05, 3.63) is 95.5 Å². The number of carbonyl (C=O) groups is 2. The average molecular weight is 508 g/mol. The molecule has 2 amide bonds. The normalized spacial score (nSPS) is 24.9. The summed E-state index contributed by atoms with van der Waals surface area (Å²) in [7, 11) is -1.19. The van der Waals surface area contributed by atoms with E-state index in [1.54, 1.807) is 36.4 Å². The third-order valence-corrected chi connectivity index (χ3v) is 8.11. The van der Waals surface area contributed by atoms with Gasteiger partial charge < -0.3 is 20.1 Å². The van der Waals surface area contributed by atoms with Crippen LogP contribution in [0.4, 0.5) is 17.1 Å². The molecule has 3 aliphatic rings. The van der Waals surface area contributed by atoms with Gasteiger partial charge in [0.25, 0.3) is 0 Å². The van der Waals surface area contributed by atoms with Crippen LogP contribution in [0.5, 0.6) is 5.75 Å². The summed E-state index contributed by atoms with van der Waals surface area (Å²) in [6.45, 7) is 2.00. The Bertz CT molecular complexity index is 1410. The number of phenols is 1. The average Bonchev–Trinajstić information content (AvgIpc) is 3.18. The third kappa shape index (κ3) is 4.10. The number of fused-ring (bicyclic) bond motifs is 3. The van der Waals surface area contributed by atoms with E-state index in [9.17, 15) is 19.7 Å². The third-order valence-electron chi connectivity index (χ3n) is 8.11. The van der Waals surface area contributed by atoms with E-state index in [-0.39, 0.29) is 23.5 Å². The fraction of sp³-hybridized carbons (Fsp3) is 0.267. The van der Waals surface area contributed by atoms with Gasteiger partial charge in [0, 0.05) is 16.9 Å². The molecule has 0 spiro atoms. The second kappa shape index (κ2) is 9.78. The van der Waals surface area contributed by atoms with Crippen molar-refractivity contribution in [2.75, 3.05) is 10.2 Å². The number of rotatable bonds is 5. The lowest BCUT2D eigenvalue weighted by Crippen LogP contribution is -2.44. The van der Waals surface area contributed by atoms with E-state index in [0.29, 0.717) is 30.5 Å². The number of aromatic hydroxyl groups is 1. The number of allylic oxidation sites excluding steroid dienone is 2. The van der Waals surface area contributed by atoms with Crippen LogP contribution in [0.3, 0.4) is 0 Å². The molecule has 7 nitrogen and oxygen atoms in total. The van der Waals surface area contributed by atoms with Gasteiger partial charge in [0.1, 0.15) is 5.75 Å². The number of hydrogen-bond acceptors (Lipinski definition) is 6. The van der Waals surface area contributed by atoms with Gasteiger partial charge >= 0.3 is 7.12 Å². The van der Waals surface area contributed by atoms with Crippen LogP contribution < -0.4 is 10.2 Å². The molecule has 0 radical (unpaired) electrons. The first-order valence-electron chi connectivity index (χ1n) is 13.1.